The molecule has 3 atom stereocenters. The number of rotatable bonds is 3. The van der Waals surface area contributed by atoms with Crippen LogP contribution >= 0.6 is 0 Å². The van der Waals surface area contributed by atoms with Gasteiger partial charge in [-0.25, -0.2) is 0 Å². The van der Waals surface area contributed by atoms with Crippen molar-refractivity contribution in [2.75, 3.05) is 0 Å². The van der Waals surface area contributed by atoms with E-state index in [0.29, 0.717) is 11.2 Å². The first-order valence-electron chi connectivity index (χ1n) is 8.47. The maximum Gasteiger partial charge on any atom is 0.115 e. The van der Waals surface area contributed by atoms with Gasteiger partial charge in [-0.3, -0.25) is 0 Å². The van der Waals surface area contributed by atoms with E-state index in [1.165, 1.54) is 56.1 Å². The van der Waals surface area contributed by atoms with E-state index in [1.807, 2.05) is 12.1 Å². The zero-order chi connectivity index (χ0) is 14.2. The van der Waals surface area contributed by atoms with Crippen molar-refractivity contribution in [3.8, 4) is 5.75 Å². The number of hydrogen-bond donors (Lipinski definition) is 1. The summed E-state index contributed by atoms with van der Waals surface area (Å²) in [7, 11) is 0. The number of benzene rings is 1. The van der Waals surface area contributed by atoms with Crippen molar-refractivity contribution in [2.24, 2.45) is 11.8 Å². The highest BCUT2D eigenvalue weighted by Gasteiger charge is 2.45. The Morgan fingerprint density at radius 3 is 2.95 bits per heavy atom. The van der Waals surface area contributed by atoms with Crippen LogP contribution in [-0.4, -0.2) is 5.11 Å². The maximum atomic E-state index is 9.74. The van der Waals surface area contributed by atoms with E-state index in [1.54, 1.807) is 0 Å². The Morgan fingerprint density at radius 1 is 1.30 bits per heavy atom. The number of phenolic OH excluding ortho intramolecular Hbond substituents is 1. The van der Waals surface area contributed by atoms with Crippen molar-refractivity contribution in [3.05, 3.63) is 29.3 Å². The largest absolute Gasteiger partial charge is 0.508 e. The van der Waals surface area contributed by atoms with E-state index in [0.717, 1.165) is 18.3 Å². The van der Waals surface area contributed by atoms with E-state index in [4.69, 9.17) is 0 Å². The Bertz CT molecular complexity index is 479. The molecule has 1 nitrogen and oxygen atoms in total. The predicted octanol–water partition coefficient (Wildman–Crippen LogP) is 5.20. The second-order valence-electron chi connectivity index (χ2n) is 7.20. The second-order valence-corrected chi connectivity index (χ2v) is 7.20. The monoisotopic (exact) mass is 272 g/mol. The summed E-state index contributed by atoms with van der Waals surface area (Å²) >= 11 is 0. The fourth-order valence-corrected chi connectivity index (χ4v) is 4.99. The number of fused-ring (bicyclic) bond motifs is 3. The van der Waals surface area contributed by atoms with Gasteiger partial charge in [0.1, 0.15) is 5.75 Å². The van der Waals surface area contributed by atoms with E-state index in [2.05, 4.69) is 19.9 Å². The molecule has 0 radical (unpaired) electrons. The van der Waals surface area contributed by atoms with E-state index in [9.17, 15) is 5.11 Å². The normalized spacial score (nSPS) is 32.5. The van der Waals surface area contributed by atoms with Crippen LogP contribution in [0.1, 0.15) is 69.9 Å². The van der Waals surface area contributed by atoms with Gasteiger partial charge in [-0.1, -0.05) is 52.0 Å². The van der Waals surface area contributed by atoms with Crippen molar-refractivity contribution in [1.29, 1.82) is 0 Å². The average Bonchev–Trinajstić information content (AvgIpc) is 2.44. The molecule has 1 aromatic rings. The molecule has 110 valence electrons. The summed E-state index contributed by atoms with van der Waals surface area (Å²) in [6, 6.07) is 6.10. The molecule has 0 aliphatic heterocycles. The molecule has 1 N–H and O–H groups in total. The molecule has 1 saturated carbocycles. The van der Waals surface area contributed by atoms with Gasteiger partial charge in [0.15, 0.2) is 0 Å². The second kappa shape index (κ2) is 5.42. The van der Waals surface area contributed by atoms with Crippen LogP contribution in [0.2, 0.25) is 0 Å². The molecule has 2 aliphatic carbocycles. The van der Waals surface area contributed by atoms with Gasteiger partial charge < -0.3 is 5.11 Å². The highest BCUT2D eigenvalue weighted by Crippen LogP contribution is 2.53. The Kier molecular flexibility index (Phi) is 3.79. The van der Waals surface area contributed by atoms with Gasteiger partial charge in [0.05, 0.1) is 0 Å². The molecule has 20 heavy (non-hydrogen) atoms. The Morgan fingerprint density at radius 2 is 2.15 bits per heavy atom. The van der Waals surface area contributed by atoms with E-state index >= 15 is 0 Å². The number of phenols is 1. The zero-order valence-corrected chi connectivity index (χ0v) is 13.0. The molecule has 0 heterocycles. The first-order chi connectivity index (χ1) is 9.65. The van der Waals surface area contributed by atoms with Gasteiger partial charge in [-0.2, -0.15) is 0 Å². The lowest BCUT2D eigenvalue weighted by atomic mass is 9.54. The van der Waals surface area contributed by atoms with Crippen molar-refractivity contribution in [3.63, 3.8) is 0 Å². The highest BCUT2D eigenvalue weighted by molar-refractivity contribution is 5.42. The molecule has 0 spiro atoms. The van der Waals surface area contributed by atoms with Crippen molar-refractivity contribution < 1.29 is 5.11 Å². The van der Waals surface area contributed by atoms with Gasteiger partial charge in [-0.05, 0) is 59.8 Å². The summed E-state index contributed by atoms with van der Waals surface area (Å²) in [5.41, 5.74) is 3.30. The molecule has 1 aromatic carbocycles. The summed E-state index contributed by atoms with van der Waals surface area (Å²) in [6.45, 7) is 4.80. The highest BCUT2D eigenvalue weighted by atomic mass is 16.3. The van der Waals surface area contributed by atoms with Crippen LogP contribution in [0.3, 0.4) is 0 Å². The SMILES string of the molecule is CCCC[C@H]1CCC[C@@]2(C)c3ccc(O)cc3CC[C@H]12. The average molecular weight is 272 g/mol. The Labute approximate surface area is 123 Å². The molecule has 1 fully saturated rings. The molecule has 1 heteroatoms. The quantitative estimate of drug-likeness (QED) is 0.801. The van der Waals surface area contributed by atoms with E-state index in [-0.39, 0.29) is 0 Å². The van der Waals surface area contributed by atoms with Crippen molar-refractivity contribution in [2.45, 2.75) is 70.6 Å². The van der Waals surface area contributed by atoms with E-state index < -0.39 is 0 Å². The van der Waals surface area contributed by atoms with Gasteiger partial charge in [0.2, 0.25) is 0 Å². The summed E-state index contributed by atoms with van der Waals surface area (Å²) in [5.74, 6) is 2.22. The maximum absolute atomic E-state index is 9.74. The smallest absolute Gasteiger partial charge is 0.115 e. The molecule has 0 unspecified atom stereocenters. The molecule has 0 saturated heterocycles. The molecular formula is C19H28O. The van der Waals surface area contributed by atoms with Crippen LogP contribution in [0.15, 0.2) is 18.2 Å². The third-order valence-electron chi connectivity index (χ3n) is 6.02. The lowest BCUT2D eigenvalue weighted by Crippen LogP contribution is -2.44. The van der Waals surface area contributed by atoms with Crippen LogP contribution in [0.5, 0.6) is 5.75 Å². The topological polar surface area (TPSA) is 20.2 Å². The number of hydrogen-bond acceptors (Lipinski definition) is 1. The Hall–Kier alpha value is -0.980. The van der Waals surface area contributed by atoms with Crippen molar-refractivity contribution >= 4 is 0 Å². The first-order valence-corrected chi connectivity index (χ1v) is 8.47. The standard InChI is InChI=1S/C19H28O/c1-3-4-6-14-7-5-12-19(2)17(14)10-8-15-13-16(20)9-11-18(15)19/h9,11,13-14,17,20H,3-8,10,12H2,1-2H3/t14-,17+,19+/m0/s1. The first kappa shape index (κ1) is 14.0. The Balaban J connectivity index is 1.92. The van der Waals surface area contributed by atoms with Gasteiger partial charge in [0, 0.05) is 0 Å². The lowest BCUT2D eigenvalue weighted by Gasteiger charge is -2.50. The predicted molar refractivity (Wildman–Crippen MR) is 84.1 cm³/mol. The zero-order valence-electron chi connectivity index (χ0n) is 13.0. The molecular weight excluding hydrogens is 244 g/mol. The number of unbranched alkanes of at least 4 members (excludes halogenated alkanes) is 1. The molecule has 3 rings (SSSR count). The minimum Gasteiger partial charge on any atom is -0.508 e. The minimum absolute atomic E-state index is 0.359. The number of aromatic hydroxyl groups is 1. The summed E-state index contributed by atoms with van der Waals surface area (Å²) in [4.78, 5) is 0. The van der Waals surface area contributed by atoms with Crippen LogP contribution in [0, 0.1) is 11.8 Å². The van der Waals surface area contributed by atoms with Gasteiger partial charge in [0.25, 0.3) is 0 Å². The summed E-state index contributed by atoms with van der Waals surface area (Å²) in [5, 5.41) is 9.74. The third-order valence-corrected chi connectivity index (χ3v) is 6.02. The third kappa shape index (κ3) is 2.25. The van der Waals surface area contributed by atoms with Gasteiger partial charge in [-0.15, -0.1) is 0 Å². The van der Waals surface area contributed by atoms with Crippen molar-refractivity contribution in [1.82, 2.24) is 0 Å². The molecule has 0 bridgehead atoms. The summed E-state index contributed by atoms with van der Waals surface area (Å²) < 4.78 is 0. The van der Waals surface area contributed by atoms with Gasteiger partial charge >= 0.3 is 0 Å². The fourth-order valence-electron chi connectivity index (χ4n) is 4.99. The lowest BCUT2D eigenvalue weighted by molar-refractivity contribution is 0.0986. The summed E-state index contributed by atoms with van der Waals surface area (Å²) in [6.07, 6.45) is 10.8. The number of aryl methyl sites for hydroxylation is 1. The van der Waals surface area contributed by atoms with Crippen LogP contribution in [0.25, 0.3) is 0 Å². The molecule has 0 amide bonds. The minimum atomic E-state index is 0.359. The van der Waals surface area contributed by atoms with Crippen LogP contribution < -0.4 is 0 Å². The van der Waals surface area contributed by atoms with Crippen LogP contribution in [-0.2, 0) is 11.8 Å². The van der Waals surface area contributed by atoms with Crippen LogP contribution in [0.4, 0.5) is 0 Å². The molecule has 0 aromatic heterocycles. The molecule has 2 aliphatic rings. The fraction of sp³-hybridized carbons (Fsp3) is 0.684.